The topological polar surface area (TPSA) is 92.6 Å². The van der Waals surface area contributed by atoms with E-state index in [0.717, 1.165) is 19.0 Å². The average Bonchev–Trinajstić information content (AvgIpc) is 2.37. The molecule has 0 aliphatic carbocycles. The molecule has 9 heteroatoms. The Balaban J connectivity index is 2.70. The highest BCUT2D eigenvalue weighted by molar-refractivity contribution is 7.89. The number of hydrogen-bond acceptors (Lipinski definition) is 5. The first-order valence-electron chi connectivity index (χ1n) is 6.32. The van der Waals surface area contributed by atoms with Crippen molar-refractivity contribution in [2.24, 2.45) is 0 Å². The molecule has 0 amide bonds. The number of unbranched alkanes of at least 4 members (excludes halogenated alkanes) is 1. The van der Waals surface area contributed by atoms with E-state index in [4.69, 9.17) is 11.6 Å². The number of nitro groups is 1. The second-order valence-corrected chi connectivity index (χ2v) is 6.95. The van der Waals surface area contributed by atoms with Crippen molar-refractivity contribution < 1.29 is 13.3 Å². The summed E-state index contributed by atoms with van der Waals surface area (Å²) in [6, 6.07) is 3.42. The van der Waals surface area contributed by atoms with E-state index in [1.165, 1.54) is 12.1 Å². The Morgan fingerprint density at radius 2 is 2.00 bits per heavy atom. The highest BCUT2D eigenvalue weighted by Gasteiger charge is 2.20. The van der Waals surface area contributed by atoms with E-state index in [9.17, 15) is 18.5 Å². The first-order chi connectivity index (χ1) is 9.74. The van der Waals surface area contributed by atoms with Gasteiger partial charge in [0.1, 0.15) is 5.02 Å². The van der Waals surface area contributed by atoms with Gasteiger partial charge >= 0.3 is 0 Å². The fourth-order valence-corrected chi connectivity index (χ4v) is 2.92. The Kier molecular flexibility index (Phi) is 6.53. The SMILES string of the molecule is CN(C)CCCCNS(=O)(=O)c1ccc(Cl)c([N+](=O)[O-])c1. The molecule has 0 aromatic heterocycles. The van der Waals surface area contributed by atoms with Crippen molar-refractivity contribution in [3.8, 4) is 0 Å². The second-order valence-electron chi connectivity index (χ2n) is 4.78. The molecule has 1 aromatic carbocycles. The molecule has 0 bridgehead atoms. The number of nitrogens with one attached hydrogen (secondary N) is 1. The lowest BCUT2D eigenvalue weighted by molar-refractivity contribution is -0.384. The summed E-state index contributed by atoms with van der Waals surface area (Å²) in [4.78, 5) is 11.9. The number of halogens is 1. The summed E-state index contributed by atoms with van der Waals surface area (Å²) in [7, 11) is 0.123. The predicted molar refractivity (Wildman–Crippen MR) is 81.1 cm³/mol. The molecule has 1 rings (SSSR count). The summed E-state index contributed by atoms with van der Waals surface area (Å²) in [5, 5.41) is 10.7. The van der Waals surface area contributed by atoms with Crippen LogP contribution >= 0.6 is 11.6 Å². The van der Waals surface area contributed by atoms with E-state index in [0.29, 0.717) is 6.42 Å². The third kappa shape index (κ3) is 5.58. The van der Waals surface area contributed by atoms with Crippen LogP contribution in [0.2, 0.25) is 5.02 Å². The molecule has 0 aliphatic rings. The van der Waals surface area contributed by atoms with E-state index in [1.807, 2.05) is 19.0 Å². The van der Waals surface area contributed by atoms with E-state index in [2.05, 4.69) is 4.72 Å². The summed E-state index contributed by atoms with van der Waals surface area (Å²) in [5.74, 6) is 0. The maximum Gasteiger partial charge on any atom is 0.289 e. The number of nitrogens with zero attached hydrogens (tertiary/aromatic N) is 2. The lowest BCUT2D eigenvalue weighted by atomic mass is 10.3. The molecule has 7 nitrogen and oxygen atoms in total. The van der Waals surface area contributed by atoms with Crippen molar-refractivity contribution in [3.05, 3.63) is 33.3 Å². The Morgan fingerprint density at radius 3 is 2.57 bits per heavy atom. The van der Waals surface area contributed by atoms with Crippen LogP contribution < -0.4 is 4.72 Å². The monoisotopic (exact) mass is 335 g/mol. The van der Waals surface area contributed by atoms with Crippen LogP contribution in [0.1, 0.15) is 12.8 Å². The minimum atomic E-state index is -3.76. The third-order valence-corrected chi connectivity index (χ3v) is 4.53. The van der Waals surface area contributed by atoms with Crippen molar-refractivity contribution in [2.45, 2.75) is 17.7 Å². The minimum absolute atomic E-state index is 0.0927. The largest absolute Gasteiger partial charge is 0.309 e. The number of rotatable bonds is 8. The van der Waals surface area contributed by atoms with E-state index in [1.54, 1.807) is 0 Å². The Bertz CT molecular complexity index is 605. The van der Waals surface area contributed by atoms with Crippen molar-refractivity contribution in [3.63, 3.8) is 0 Å². The molecule has 21 heavy (non-hydrogen) atoms. The van der Waals surface area contributed by atoms with Crippen molar-refractivity contribution in [2.75, 3.05) is 27.2 Å². The molecule has 0 aliphatic heterocycles. The summed E-state index contributed by atoms with van der Waals surface area (Å²) in [6.45, 7) is 1.15. The van der Waals surface area contributed by atoms with Gasteiger partial charge in [-0.3, -0.25) is 10.1 Å². The van der Waals surface area contributed by atoms with Gasteiger partial charge in [-0.25, -0.2) is 13.1 Å². The molecule has 118 valence electrons. The van der Waals surface area contributed by atoms with Crippen LogP contribution in [0.25, 0.3) is 0 Å². The van der Waals surface area contributed by atoms with Gasteiger partial charge in [0.15, 0.2) is 0 Å². The molecule has 0 saturated carbocycles. The van der Waals surface area contributed by atoms with Gasteiger partial charge in [-0.1, -0.05) is 11.6 Å². The Morgan fingerprint density at radius 1 is 1.33 bits per heavy atom. The zero-order chi connectivity index (χ0) is 16.0. The quantitative estimate of drug-likeness (QED) is 0.445. The van der Waals surface area contributed by atoms with Crippen LogP contribution in [0.4, 0.5) is 5.69 Å². The lowest BCUT2D eigenvalue weighted by Crippen LogP contribution is -2.25. The highest BCUT2D eigenvalue weighted by Crippen LogP contribution is 2.26. The van der Waals surface area contributed by atoms with Crippen LogP contribution in [0, 0.1) is 10.1 Å². The van der Waals surface area contributed by atoms with Crippen molar-refractivity contribution in [1.29, 1.82) is 0 Å². The molecule has 0 fully saturated rings. The third-order valence-electron chi connectivity index (χ3n) is 2.75. The normalized spacial score (nSPS) is 11.8. The number of benzene rings is 1. The van der Waals surface area contributed by atoms with Gasteiger partial charge in [-0.2, -0.15) is 0 Å². The standard InChI is InChI=1S/C12H18ClN3O4S/c1-15(2)8-4-3-7-14-21(19,20)10-5-6-11(13)12(9-10)16(17)18/h5-6,9,14H,3-4,7-8H2,1-2H3. The maximum absolute atomic E-state index is 12.0. The van der Waals surface area contributed by atoms with E-state index in [-0.39, 0.29) is 16.5 Å². The maximum atomic E-state index is 12.0. The van der Waals surface area contributed by atoms with Gasteiger partial charge in [0, 0.05) is 12.6 Å². The van der Waals surface area contributed by atoms with Gasteiger partial charge in [0.05, 0.1) is 9.82 Å². The smallest absolute Gasteiger partial charge is 0.289 e. The Hall–Kier alpha value is -1.22. The van der Waals surface area contributed by atoms with Crippen LogP contribution in [-0.2, 0) is 10.0 Å². The predicted octanol–water partition coefficient (Wildman–Crippen LogP) is 1.87. The van der Waals surface area contributed by atoms with E-state index >= 15 is 0 Å². The highest BCUT2D eigenvalue weighted by atomic mass is 35.5. The molecular formula is C12H18ClN3O4S. The van der Waals surface area contributed by atoms with E-state index < -0.39 is 20.6 Å². The summed E-state index contributed by atoms with van der Waals surface area (Å²) >= 11 is 5.65. The molecule has 0 heterocycles. The van der Waals surface area contributed by atoms with Crippen LogP contribution in [0.3, 0.4) is 0 Å². The molecule has 1 N–H and O–H groups in total. The van der Waals surface area contributed by atoms with Gasteiger partial charge in [0.2, 0.25) is 10.0 Å². The fraction of sp³-hybridized carbons (Fsp3) is 0.500. The van der Waals surface area contributed by atoms with Gasteiger partial charge in [-0.15, -0.1) is 0 Å². The van der Waals surface area contributed by atoms with Crippen LogP contribution in [0.5, 0.6) is 0 Å². The van der Waals surface area contributed by atoms with Gasteiger partial charge in [0.25, 0.3) is 5.69 Å². The summed E-state index contributed by atoms with van der Waals surface area (Å²) in [5.41, 5.74) is -0.424. The fourth-order valence-electron chi connectivity index (χ4n) is 1.64. The van der Waals surface area contributed by atoms with Gasteiger partial charge in [-0.05, 0) is 45.6 Å². The number of sulfonamides is 1. The Labute approximate surface area is 129 Å². The van der Waals surface area contributed by atoms with Crippen LogP contribution in [-0.4, -0.2) is 45.4 Å². The van der Waals surface area contributed by atoms with Crippen LogP contribution in [0.15, 0.2) is 23.1 Å². The van der Waals surface area contributed by atoms with Crippen molar-refractivity contribution >= 4 is 27.3 Å². The zero-order valence-corrected chi connectivity index (χ0v) is 13.4. The molecular weight excluding hydrogens is 318 g/mol. The molecule has 1 aromatic rings. The first-order valence-corrected chi connectivity index (χ1v) is 8.18. The first kappa shape index (κ1) is 17.8. The molecule has 0 saturated heterocycles. The summed E-state index contributed by atoms with van der Waals surface area (Å²) < 4.78 is 26.5. The zero-order valence-electron chi connectivity index (χ0n) is 11.9. The number of nitro benzene ring substituents is 1. The average molecular weight is 336 g/mol. The second kappa shape index (κ2) is 7.69. The van der Waals surface area contributed by atoms with Crippen molar-refractivity contribution in [1.82, 2.24) is 9.62 Å². The number of hydrogen-bond donors (Lipinski definition) is 1. The minimum Gasteiger partial charge on any atom is -0.309 e. The molecule has 0 spiro atoms. The van der Waals surface area contributed by atoms with Gasteiger partial charge < -0.3 is 4.90 Å². The molecule has 0 unspecified atom stereocenters. The summed E-state index contributed by atoms with van der Waals surface area (Å²) in [6.07, 6.45) is 1.55. The molecule has 0 atom stereocenters. The lowest BCUT2D eigenvalue weighted by Gasteiger charge is -2.10. The molecule has 0 radical (unpaired) electrons.